The first-order chi connectivity index (χ1) is 7.13. The van der Waals surface area contributed by atoms with Gasteiger partial charge in [-0.05, 0) is 26.5 Å². The highest BCUT2D eigenvalue weighted by Gasteiger charge is 2.11. The van der Waals surface area contributed by atoms with Crippen LogP contribution in [0.3, 0.4) is 0 Å². The van der Waals surface area contributed by atoms with Gasteiger partial charge in [-0.3, -0.25) is 0 Å². The molecule has 2 atom stereocenters. The van der Waals surface area contributed by atoms with E-state index in [1.54, 1.807) is 11.3 Å². The molecule has 0 bridgehead atoms. The Morgan fingerprint density at radius 3 is 2.80 bits per heavy atom. The van der Waals surface area contributed by atoms with E-state index in [0.717, 1.165) is 5.01 Å². The summed E-state index contributed by atoms with van der Waals surface area (Å²) in [5.41, 5.74) is 1.17. The maximum atomic E-state index is 4.49. The Morgan fingerprint density at radius 2 is 2.27 bits per heavy atom. The predicted molar refractivity (Wildman–Crippen MR) is 70.9 cm³/mol. The number of aromatic nitrogens is 1. The van der Waals surface area contributed by atoms with Crippen LogP contribution in [0.15, 0.2) is 5.38 Å². The molecule has 0 aromatic carbocycles. The molecule has 0 aliphatic rings. The molecule has 4 heteroatoms. The van der Waals surface area contributed by atoms with Crippen molar-refractivity contribution in [2.75, 3.05) is 11.5 Å². The molecule has 1 heterocycles. The van der Waals surface area contributed by atoms with Crippen molar-refractivity contribution < 1.29 is 0 Å². The van der Waals surface area contributed by atoms with Crippen molar-refractivity contribution in [1.29, 1.82) is 0 Å². The molecule has 0 aliphatic heterocycles. The van der Waals surface area contributed by atoms with Gasteiger partial charge in [0.1, 0.15) is 0 Å². The van der Waals surface area contributed by atoms with Crippen molar-refractivity contribution in [2.24, 2.45) is 0 Å². The minimum Gasteiger partial charge on any atom is -0.305 e. The van der Waals surface area contributed by atoms with Crippen LogP contribution in [0.25, 0.3) is 0 Å². The molecule has 1 rings (SSSR count). The van der Waals surface area contributed by atoms with Gasteiger partial charge in [-0.15, -0.1) is 11.3 Å². The van der Waals surface area contributed by atoms with Gasteiger partial charge in [0.2, 0.25) is 0 Å². The van der Waals surface area contributed by atoms with E-state index < -0.39 is 0 Å². The molecule has 1 aromatic rings. The highest BCUT2D eigenvalue weighted by atomic mass is 32.2. The minimum atomic E-state index is 0.363. The van der Waals surface area contributed by atoms with Crippen LogP contribution < -0.4 is 5.32 Å². The first kappa shape index (κ1) is 13.0. The maximum Gasteiger partial charge on any atom is 0.0898 e. The van der Waals surface area contributed by atoms with Crippen LogP contribution in [0.2, 0.25) is 0 Å². The number of nitrogens with one attached hydrogen (secondary N) is 1. The van der Waals surface area contributed by atoms with E-state index in [2.05, 4.69) is 43.4 Å². The van der Waals surface area contributed by atoms with Gasteiger partial charge < -0.3 is 5.32 Å². The molecule has 2 unspecified atom stereocenters. The van der Waals surface area contributed by atoms with Crippen molar-refractivity contribution in [3.05, 3.63) is 16.1 Å². The smallest absolute Gasteiger partial charge is 0.0898 e. The number of thioether (sulfide) groups is 1. The second-order valence-corrected chi connectivity index (χ2v) is 6.12. The van der Waals surface area contributed by atoms with Crippen molar-refractivity contribution in [3.63, 3.8) is 0 Å². The lowest BCUT2D eigenvalue weighted by molar-refractivity contribution is 0.503. The first-order valence-electron chi connectivity index (χ1n) is 5.39. The molecule has 15 heavy (non-hydrogen) atoms. The molecular weight excluding hydrogens is 224 g/mol. The molecule has 0 saturated carbocycles. The van der Waals surface area contributed by atoms with E-state index in [1.165, 1.54) is 17.2 Å². The van der Waals surface area contributed by atoms with Gasteiger partial charge >= 0.3 is 0 Å². The van der Waals surface area contributed by atoms with Crippen molar-refractivity contribution >= 4 is 23.1 Å². The number of rotatable bonds is 6. The summed E-state index contributed by atoms with van der Waals surface area (Å²) in [4.78, 5) is 4.49. The molecule has 0 amide bonds. The first-order valence-corrected chi connectivity index (χ1v) is 7.42. The Balaban J connectivity index is 2.38. The average molecular weight is 244 g/mol. The minimum absolute atomic E-state index is 0.363. The van der Waals surface area contributed by atoms with Crippen LogP contribution in [0, 0.1) is 6.92 Å². The summed E-state index contributed by atoms with van der Waals surface area (Å²) in [5.74, 6) is 2.36. The lowest BCUT2D eigenvalue weighted by Gasteiger charge is -2.18. The Morgan fingerprint density at radius 1 is 1.53 bits per heavy atom. The highest BCUT2D eigenvalue weighted by Crippen LogP contribution is 2.16. The van der Waals surface area contributed by atoms with Gasteiger partial charge in [-0.25, -0.2) is 4.98 Å². The number of thiazole rings is 1. The molecule has 0 fully saturated rings. The van der Waals surface area contributed by atoms with Crippen molar-refractivity contribution in [3.8, 4) is 0 Å². The van der Waals surface area contributed by atoms with E-state index in [0.29, 0.717) is 12.1 Å². The van der Waals surface area contributed by atoms with E-state index >= 15 is 0 Å². The molecular formula is C11H20N2S2. The third-order valence-electron chi connectivity index (χ3n) is 2.19. The van der Waals surface area contributed by atoms with Gasteiger partial charge in [0.05, 0.1) is 10.7 Å². The summed E-state index contributed by atoms with van der Waals surface area (Å²) in [7, 11) is 0. The predicted octanol–water partition coefficient (Wildman–Crippen LogP) is 3.24. The van der Waals surface area contributed by atoms with E-state index in [9.17, 15) is 0 Å². The summed E-state index contributed by atoms with van der Waals surface area (Å²) in [6, 6.07) is 0.911. The molecule has 86 valence electrons. The van der Waals surface area contributed by atoms with Crippen LogP contribution in [-0.4, -0.2) is 22.5 Å². The normalized spacial score (nSPS) is 15.2. The van der Waals surface area contributed by atoms with Gasteiger partial charge in [0, 0.05) is 23.2 Å². The lowest BCUT2D eigenvalue weighted by atomic mass is 10.2. The number of nitrogens with zero attached hydrogens (tertiary/aromatic N) is 1. The third-order valence-corrected chi connectivity index (χ3v) is 4.12. The van der Waals surface area contributed by atoms with Crippen LogP contribution in [-0.2, 0) is 0 Å². The SMILES string of the molecule is CCSCC(C)NC(C)c1csc(C)n1. The van der Waals surface area contributed by atoms with Crippen LogP contribution in [0.4, 0.5) is 0 Å². The Kier molecular flexibility index (Phi) is 5.64. The molecule has 1 N–H and O–H groups in total. The van der Waals surface area contributed by atoms with Crippen molar-refractivity contribution in [2.45, 2.75) is 39.8 Å². The average Bonchev–Trinajstić information content (AvgIpc) is 2.61. The van der Waals surface area contributed by atoms with Gasteiger partial charge in [-0.2, -0.15) is 11.8 Å². The van der Waals surface area contributed by atoms with Gasteiger partial charge in [0.15, 0.2) is 0 Å². The monoisotopic (exact) mass is 244 g/mol. The number of hydrogen-bond acceptors (Lipinski definition) is 4. The zero-order valence-corrected chi connectivity index (χ0v) is 11.5. The number of hydrogen-bond donors (Lipinski definition) is 1. The maximum absolute atomic E-state index is 4.49. The standard InChI is InChI=1S/C11H20N2S2/c1-5-14-6-8(2)12-9(3)11-7-15-10(4)13-11/h7-9,12H,5-6H2,1-4H3. The summed E-state index contributed by atoms with van der Waals surface area (Å²) >= 11 is 3.70. The van der Waals surface area contributed by atoms with Crippen LogP contribution in [0.5, 0.6) is 0 Å². The summed E-state index contributed by atoms with van der Waals surface area (Å²) < 4.78 is 0. The molecule has 0 aliphatic carbocycles. The molecule has 0 radical (unpaired) electrons. The molecule has 1 aromatic heterocycles. The molecule has 2 nitrogen and oxygen atoms in total. The fourth-order valence-electron chi connectivity index (χ4n) is 1.43. The highest BCUT2D eigenvalue weighted by molar-refractivity contribution is 7.99. The van der Waals surface area contributed by atoms with Crippen LogP contribution in [0.1, 0.15) is 37.5 Å². The van der Waals surface area contributed by atoms with Gasteiger partial charge in [-0.1, -0.05) is 6.92 Å². The topological polar surface area (TPSA) is 24.9 Å². The fourth-order valence-corrected chi connectivity index (χ4v) is 2.83. The summed E-state index contributed by atoms with van der Waals surface area (Å²) in [6.45, 7) is 8.67. The molecule has 0 saturated heterocycles. The Bertz CT molecular complexity index is 286. The van der Waals surface area contributed by atoms with Gasteiger partial charge in [0.25, 0.3) is 0 Å². The summed E-state index contributed by atoms with van der Waals surface area (Å²) in [5, 5.41) is 6.86. The van der Waals surface area contributed by atoms with E-state index in [-0.39, 0.29) is 0 Å². The van der Waals surface area contributed by atoms with E-state index in [4.69, 9.17) is 0 Å². The second kappa shape index (κ2) is 6.51. The Labute approximate surface area is 101 Å². The quantitative estimate of drug-likeness (QED) is 0.831. The lowest BCUT2D eigenvalue weighted by Crippen LogP contribution is -2.31. The summed E-state index contributed by atoms with van der Waals surface area (Å²) in [6.07, 6.45) is 0. The van der Waals surface area contributed by atoms with Crippen LogP contribution >= 0.6 is 23.1 Å². The number of aryl methyl sites for hydroxylation is 1. The van der Waals surface area contributed by atoms with Crippen molar-refractivity contribution in [1.82, 2.24) is 10.3 Å². The third kappa shape index (κ3) is 4.53. The Hall–Kier alpha value is -0.0600. The zero-order valence-electron chi connectivity index (χ0n) is 9.91. The van der Waals surface area contributed by atoms with E-state index in [1.807, 2.05) is 11.8 Å². The zero-order chi connectivity index (χ0) is 11.3. The second-order valence-electron chi connectivity index (χ2n) is 3.74. The molecule has 0 spiro atoms. The fraction of sp³-hybridized carbons (Fsp3) is 0.727. The largest absolute Gasteiger partial charge is 0.305 e.